The predicted molar refractivity (Wildman–Crippen MR) is 78.9 cm³/mol. The van der Waals surface area contributed by atoms with Gasteiger partial charge in [0.05, 0.1) is 28.5 Å². The summed E-state index contributed by atoms with van der Waals surface area (Å²) in [6.45, 7) is 0. The van der Waals surface area contributed by atoms with Crippen LogP contribution in [-0.2, 0) is 0 Å². The molecule has 3 rings (SSSR count). The van der Waals surface area contributed by atoms with Crippen LogP contribution in [0.5, 0.6) is 5.75 Å². The van der Waals surface area contributed by atoms with Crippen molar-refractivity contribution in [2.75, 3.05) is 7.11 Å². The molecule has 0 aliphatic rings. The molecular weight excluding hydrogens is 288 g/mol. The zero-order valence-electron chi connectivity index (χ0n) is 11.5. The third-order valence-corrected chi connectivity index (χ3v) is 3.16. The first kappa shape index (κ1) is 13.7. The highest BCUT2D eigenvalue weighted by molar-refractivity contribution is 5.81. The average Bonchev–Trinajstić information content (AvgIpc) is 2.54. The van der Waals surface area contributed by atoms with Crippen molar-refractivity contribution in [1.82, 2.24) is 4.98 Å². The summed E-state index contributed by atoms with van der Waals surface area (Å²) in [7, 11) is 1.50. The summed E-state index contributed by atoms with van der Waals surface area (Å²) < 4.78 is 10.4. The van der Waals surface area contributed by atoms with E-state index in [1.807, 2.05) is 0 Å². The van der Waals surface area contributed by atoms with E-state index in [1.165, 1.54) is 19.2 Å². The number of fused-ring (bicyclic) bond motifs is 1. The highest BCUT2D eigenvalue weighted by atomic mass is 16.6. The normalized spacial score (nSPS) is 10.6. The van der Waals surface area contributed by atoms with E-state index in [0.717, 1.165) is 6.07 Å². The van der Waals surface area contributed by atoms with Crippen molar-refractivity contribution in [3.63, 3.8) is 0 Å². The second-order valence-corrected chi connectivity index (χ2v) is 4.47. The van der Waals surface area contributed by atoms with E-state index in [2.05, 4.69) is 4.98 Å². The van der Waals surface area contributed by atoms with Crippen LogP contribution in [-0.4, -0.2) is 17.0 Å². The lowest BCUT2D eigenvalue weighted by molar-refractivity contribution is -0.384. The van der Waals surface area contributed by atoms with Crippen LogP contribution in [0.4, 0.5) is 5.69 Å². The number of nitro benzene ring substituents is 1. The molecule has 0 N–H and O–H groups in total. The quantitative estimate of drug-likeness (QED) is 0.545. The van der Waals surface area contributed by atoms with Crippen LogP contribution in [0.25, 0.3) is 22.4 Å². The molecule has 110 valence electrons. The number of rotatable bonds is 3. The summed E-state index contributed by atoms with van der Waals surface area (Å²) in [5, 5.41) is 10.8. The highest BCUT2D eigenvalue weighted by Gasteiger charge is 2.15. The molecule has 7 heteroatoms. The standard InChI is InChI=1S/C15H10N2O5/c1-21-13-5-3-2-4-10(13)14-16-12-7-6-9(17(19)20)8-11(12)15(18)22-14/h2-8H,1H3. The van der Waals surface area contributed by atoms with Crippen LogP contribution < -0.4 is 10.4 Å². The average molecular weight is 298 g/mol. The zero-order valence-corrected chi connectivity index (χ0v) is 11.5. The fourth-order valence-corrected chi connectivity index (χ4v) is 2.11. The summed E-state index contributed by atoms with van der Waals surface area (Å²) in [5.74, 6) is 0.614. The van der Waals surface area contributed by atoms with Gasteiger partial charge < -0.3 is 9.15 Å². The lowest BCUT2D eigenvalue weighted by Crippen LogP contribution is -2.04. The van der Waals surface area contributed by atoms with Crippen LogP contribution in [0, 0.1) is 10.1 Å². The molecule has 0 aliphatic carbocycles. The molecule has 0 saturated carbocycles. The molecule has 22 heavy (non-hydrogen) atoms. The molecule has 0 spiro atoms. The second-order valence-electron chi connectivity index (χ2n) is 4.47. The van der Waals surface area contributed by atoms with Gasteiger partial charge >= 0.3 is 5.63 Å². The maximum atomic E-state index is 12.1. The molecule has 0 amide bonds. The van der Waals surface area contributed by atoms with Crippen LogP contribution in [0.3, 0.4) is 0 Å². The van der Waals surface area contributed by atoms with Crippen molar-refractivity contribution in [3.8, 4) is 17.2 Å². The number of hydrogen-bond acceptors (Lipinski definition) is 6. The lowest BCUT2D eigenvalue weighted by Gasteiger charge is -2.06. The third-order valence-electron chi connectivity index (χ3n) is 3.16. The van der Waals surface area contributed by atoms with E-state index in [1.54, 1.807) is 24.3 Å². The predicted octanol–water partition coefficient (Wildman–Crippen LogP) is 2.77. The van der Waals surface area contributed by atoms with Gasteiger partial charge in [-0.3, -0.25) is 10.1 Å². The molecule has 7 nitrogen and oxygen atoms in total. The Morgan fingerprint density at radius 1 is 1.23 bits per heavy atom. The van der Waals surface area contributed by atoms with Crippen molar-refractivity contribution in [2.45, 2.75) is 0 Å². The lowest BCUT2D eigenvalue weighted by atomic mass is 10.2. The summed E-state index contributed by atoms with van der Waals surface area (Å²) in [5.41, 5.74) is -0.0219. The van der Waals surface area contributed by atoms with Crippen LogP contribution in [0.15, 0.2) is 51.7 Å². The zero-order chi connectivity index (χ0) is 15.7. The number of ether oxygens (including phenoxy) is 1. The van der Waals surface area contributed by atoms with Gasteiger partial charge in [0, 0.05) is 12.1 Å². The first-order valence-electron chi connectivity index (χ1n) is 6.33. The van der Waals surface area contributed by atoms with E-state index >= 15 is 0 Å². The number of benzene rings is 2. The van der Waals surface area contributed by atoms with Crippen LogP contribution in [0.1, 0.15) is 0 Å². The number of nitrogens with zero attached hydrogens (tertiary/aromatic N) is 2. The Kier molecular flexibility index (Phi) is 3.30. The first-order valence-corrected chi connectivity index (χ1v) is 6.33. The van der Waals surface area contributed by atoms with Gasteiger partial charge in [-0.25, -0.2) is 9.78 Å². The summed E-state index contributed by atoms with van der Waals surface area (Å²) in [4.78, 5) is 26.5. The second kappa shape index (κ2) is 5.28. The van der Waals surface area contributed by atoms with Crippen molar-refractivity contribution in [2.24, 2.45) is 0 Å². The third kappa shape index (κ3) is 2.28. The van der Waals surface area contributed by atoms with Gasteiger partial charge in [0.1, 0.15) is 5.75 Å². The van der Waals surface area contributed by atoms with Crippen molar-refractivity contribution < 1.29 is 14.1 Å². The minimum absolute atomic E-state index is 0.0628. The first-order chi connectivity index (χ1) is 10.6. The molecular formula is C15H10N2O5. The number of hydrogen-bond donors (Lipinski definition) is 0. The molecule has 0 unspecified atom stereocenters. The van der Waals surface area contributed by atoms with Gasteiger partial charge in [0.2, 0.25) is 5.89 Å². The SMILES string of the molecule is COc1ccccc1-c1nc2ccc([N+](=O)[O-])cc2c(=O)o1. The Morgan fingerprint density at radius 2 is 2.00 bits per heavy atom. The van der Waals surface area contributed by atoms with Gasteiger partial charge in [-0.05, 0) is 18.2 Å². The summed E-state index contributed by atoms with van der Waals surface area (Å²) >= 11 is 0. The fraction of sp³-hybridized carbons (Fsp3) is 0.0667. The topological polar surface area (TPSA) is 95.5 Å². The van der Waals surface area contributed by atoms with Gasteiger partial charge in [-0.2, -0.15) is 0 Å². The molecule has 0 bridgehead atoms. The molecule has 3 aromatic rings. The maximum Gasteiger partial charge on any atom is 0.347 e. The highest BCUT2D eigenvalue weighted by Crippen LogP contribution is 2.28. The largest absolute Gasteiger partial charge is 0.496 e. The maximum absolute atomic E-state index is 12.1. The van der Waals surface area contributed by atoms with Crippen molar-refractivity contribution in [3.05, 3.63) is 63.0 Å². The molecule has 1 heterocycles. The minimum atomic E-state index is -0.686. The monoisotopic (exact) mass is 298 g/mol. The Labute approximate surface area is 123 Å². The molecule has 1 aromatic heterocycles. The molecule has 0 atom stereocenters. The smallest absolute Gasteiger partial charge is 0.347 e. The van der Waals surface area contributed by atoms with E-state index in [4.69, 9.17) is 9.15 Å². The molecule has 2 aromatic carbocycles. The Balaban J connectivity index is 2.24. The van der Waals surface area contributed by atoms with Crippen LogP contribution in [0.2, 0.25) is 0 Å². The van der Waals surface area contributed by atoms with E-state index in [0.29, 0.717) is 16.8 Å². The number of methoxy groups -OCH3 is 1. The number of nitro groups is 1. The fourth-order valence-electron chi connectivity index (χ4n) is 2.11. The Hall–Kier alpha value is -3.22. The van der Waals surface area contributed by atoms with Gasteiger partial charge in [0.25, 0.3) is 5.69 Å². The van der Waals surface area contributed by atoms with Gasteiger partial charge in [0.15, 0.2) is 0 Å². The number of non-ortho nitro benzene ring substituents is 1. The van der Waals surface area contributed by atoms with E-state index < -0.39 is 10.5 Å². The Morgan fingerprint density at radius 3 is 2.73 bits per heavy atom. The minimum Gasteiger partial charge on any atom is -0.496 e. The number of para-hydroxylation sites is 1. The summed E-state index contributed by atoms with van der Waals surface area (Å²) in [6.07, 6.45) is 0. The Bertz CT molecular complexity index is 933. The molecule has 0 saturated heterocycles. The van der Waals surface area contributed by atoms with Crippen molar-refractivity contribution >= 4 is 16.6 Å². The van der Waals surface area contributed by atoms with E-state index in [9.17, 15) is 14.9 Å². The van der Waals surface area contributed by atoms with Gasteiger partial charge in [-0.15, -0.1) is 0 Å². The molecule has 0 aliphatic heterocycles. The molecule has 0 radical (unpaired) electrons. The molecule has 0 fully saturated rings. The van der Waals surface area contributed by atoms with Crippen LogP contribution >= 0.6 is 0 Å². The van der Waals surface area contributed by atoms with Crippen molar-refractivity contribution in [1.29, 1.82) is 0 Å². The van der Waals surface area contributed by atoms with Gasteiger partial charge in [-0.1, -0.05) is 12.1 Å². The van der Waals surface area contributed by atoms with E-state index in [-0.39, 0.29) is 17.0 Å². The number of aromatic nitrogens is 1. The summed E-state index contributed by atoms with van der Waals surface area (Å²) in [6, 6.07) is 10.8.